The first-order chi connectivity index (χ1) is 15.1. The van der Waals surface area contributed by atoms with Crippen molar-refractivity contribution in [1.29, 1.82) is 0 Å². The van der Waals surface area contributed by atoms with Crippen LogP contribution in [-0.4, -0.2) is 32.1 Å². The molecule has 1 atom stereocenters. The fourth-order valence-corrected chi connectivity index (χ4v) is 3.29. The number of nitrogens with one attached hydrogen (secondary N) is 3. The molecule has 7 heteroatoms. The van der Waals surface area contributed by atoms with Gasteiger partial charge in [0.2, 0.25) is 0 Å². The van der Waals surface area contributed by atoms with E-state index in [9.17, 15) is 4.79 Å². The number of carbonyl (C=O) groups is 1. The molecular weight excluding hydrogens is 515 g/mol. The van der Waals surface area contributed by atoms with Gasteiger partial charge in [-0.25, -0.2) is 0 Å². The van der Waals surface area contributed by atoms with Crippen molar-refractivity contribution < 1.29 is 9.53 Å². The Labute approximate surface area is 206 Å². The summed E-state index contributed by atoms with van der Waals surface area (Å²) in [7, 11) is 1.76. The average Bonchev–Trinajstić information content (AvgIpc) is 2.80. The number of halogens is 1. The predicted octanol–water partition coefficient (Wildman–Crippen LogP) is 4.40. The van der Waals surface area contributed by atoms with E-state index in [2.05, 4.69) is 70.3 Å². The lowest BCUT2D eigenvalue weighted by Gasteiger charge is -2.19. The molecule has 0 aliphatic rings. The van der Waals surface area contributed by atoms with E-state index >= 15 is 0 Å². The van der Waals surface area contributed by atoms with Crippen molar-refractivity contribution in [1.82, 2.24) is 16.0 Å². The molecule has 6 nitrogen and oxygen atoms in total. The summed E-state index contributed by atoms with van der Waals surface area (Å²) in [6, 6.07) is 22.6. The van der Waals surface area contributed by atoms with Crippen molar-refractivity contribution >= 4 is 46.6 Å². The molecule has 0 radical (unpaired) electrons. The van der Waals surface area contributed by atoms with Crippen LogP contribution in [-0.2, 0) is 11.3 Å². The molecule has 0 saturated heterocycles. The van der Waals surface area contributed by atoms with E-state index in [0.717, 1.165) is 5.56 Å². The average molecular weight is 546 g/mol. The van der Waals surface area contributed by atoms with Gasteiger partial charge in [-0.2, -0.15) is 0 Å². The van der Waals surface area contributed by atoms with Gasteiger partial charge in [0.1, 0.15) is 5.75 Å². The van der Waals surface area contributed by atoms with Gasteiger partial charge in [0, 0.05) is 20.1 Å². The van der Waals surface area contributed by atoms with Crippen LogP contribution >= 0.6 is 24.0 Å². The Kier molecular flexibility index (Phi) is 10.3. The molecule has 3 rings (SSSR count). The largest absolute Gasteiger partial charge is 0.484 e. The maximum atomic E-state index is 11.6. The standard InChI is InChI=1S/C25H30N4O2.HI/c1-4-27-24(30)17-31-23-11-7-8-19(14-23)16-28-25(26-3)29-18(2)21-13-12-20-9-5-6-10-22(20)15-21;/h5-15,18H,4,16-17H2,1-3H3,(H,27,30)(H2,26,28,29);1H. The molecule has 0 saturated carbocycles. The lowest BCUT2D eigenvalue weighted by molar-refractivity contribution is -0.122. The summed E-state index contributed by atoms with van der Waals surface area (Å²) in [4.78, 5) is 15.9. The molecule has 3 aromatic rings. The topological polar surface area (TPSA) is 74.8 Å². The Bertz CT molecular complexity index is 1050. The molecule has 0 spiro atoms. The summed E-state index contributed by atoms with van der Waals surface area (Å²) in [5.41, 5.74) is 2.23. The van der Waals surface area contributed by atoms with Crippen LogP contribution < -0.4 is 20.7 Å². The van der Waals surface area contributed by atoms with Crippen molar-refractivity contribution in [2.45, 2.75) is 26.4 Å². The van der Waals surface area contributed by atoms with Crippen molar-refractivity contribution in [3.8, 4) is 5.75 Å². The normalized spacial score (nSPS) is 11.9. The third-order valence-electron chi connectivity index (χ3n) is 4.95. The fourth-order valence-electron chi connectivity index (χ4n) is 3.29. The van der Waals surface area contributed by atoms with E-state index in [0.29, 0.717) is 24.8 Å². The maximum Gasteiger partial charge on any atom is 0.257 e. The lowest BCUT2D eigenvalue weighted by atomic mass is 10.0. The molecule has 0 aliphatic carbocycles. The Morgan fingerprint density at radius 2 is 1.78 bits per heavy atom. The highest BCUT2D eigenvalue weighted by atomic mass is 127. The van der Waals surface area contributed by atoms with E-state index in [1.807, 2.05) is 31.2 Å². The second-order valence-electron chi connectivity index (χ2n) is 7.29. The van der Waals surface area contributed by atoms with Crippen molar-refractivity contribution in [2.75, 3.05) is 20.2 Å². The van der Waals surface area contributed by atoms with Crippen LogP contribution in [0.4, 0.5) is 0 Å². The molecule has 0 fully saturated rings. The zero-order valence-corrected chi connectivity index (χ0v) is 21.1. The molecule has 170 valence electrons. The van der Waals surface area contributed by atoms with Crippen LogP contribution in [0.25, 0.3) is 10.8 Å². The highest BCUT2D eigenvalue weighted by molar-refractivity contribution is 14.0. The fraction of sp³-hybridized carbons (Fsp3) is 0.280. The van der Waals surface area contributed by atoms with Crippen LogP contribution in [0.3, 0.4) is 0 Å². The summed E-state index contributed by atoms with van der Waals surface area (Å²) in [6.07, 6.45) is 0. The van der Waals surface area contributed by atoms with E-state index in [-0.39, 0.29) is 42.5 Å². The summed E-state index contributed by atoms with van der Waals surface area (Å²) in [5, 5.41) is 12.0. The Balaban J connectivity index is 0.00000363. The van der Waals surface area contributed by atoms with Crippen LogP contribution in [0.1, 0.15) is 31.0 Å². The molecule has 1 amide bonds. The molecule has 0 heterocycles. The molecule has 3 aromatic carbocycles. The molecule has 1 unspecified atom stereocenters. The zero-order chi connectivity index (χ0) is 22.1. The monoisotopic (exact) mass is 546 g/mol. The second-order valence-corrected chi connectivity index (χ2v) is 7.29. The van der Waals surface area contributed by atoms with E-state index < -0.39 is 0 Å². The smallest absolute Gasteiger partial charge is 0.257 e. The van der Waals surface area contributed by atoms with Crippen LogP contribution in [0, 0.1) is 0 Å². The van der Waals surface area contributed by atoms with Gasteiger partial charge >= 0.3 is 0 Å². The number of amides is 1. The van der Waals surface area contributed by atoms with Gasteiger partial charge in [0.25, 0.3) is 5.91 Å². The number of fused-ring (bicyclic) bond motifs is 1. The van der Waals surface area contributed by atoms with Crippen LogP contribution in [0.2, 0.25) is 0 Å². The highest BCUT2D eigenvalue weighted by Crippen LogP contribution is 2.20. The minimum atomic E-state index is -0.127. The van der Waals surface area contributed by atoms with Crippen molar-refractivity contribution in [3.63, 3.8) is 0 Å². The predicted molar refractivity (Wildman–Crippen MR) is 142 cm³/mol. The van der Waals surface area contributed by atoms with E-state index in [1.165, 1.54) is 16.3 Å². The molecule has 0 aliphatic heterocycles. The molecular formula is C25H31IN4O2. The first kappa shape index (κ1) is 25.5. The first-order valence-corrected chi connectivity index (χ1v) is 10.5. The number of guanidine groups is 1. The number of likely N-dealkylation sites (N-methyl/N-ethyl adjacent to an activating group) is 1. The van der Waals surface area contributed by atoms with Gasteiger partial charge in [0.15, 0.2) is 12.6 Å². The summed E-state index contributed by atoms with van der Waals surface area (Å²) in [6.45, 7) is 5.19. The molecule has 0 bridgehead atoms. The molecule has 3 N–H and O–H groups in total. The number of aliphatic imine (C=N–C) groups is 1. The molecule has 32 heavy (non-hydrogen) atoms. The number of hydrogen-bond donors (Lipinski definition) is 3. The molecule has 0 aromatic heterocycles. The van der Waals surface area contributed by atoms with Gasteiger partial charge in [-0.3, -0.25) is 9.79 Å². The van der Waals surface area contributed by atoms with Gasteiger partial charge in [-0.15, -0.1) is 24.0 Å². The van der Waals surface area contributed by atoms with E-state index in [4.69, 9.17) is 4.74 Å². The first-order valence-electron chi connectivity index (χ1n) is 10.5. The minimum absolute atomic E-state index is 0. The van der Waals surface area contributed by atoms with Gasteiger partial charge in [-0.1, -0.05) is 48.5 Å². The number of ether oxygens (including phenoxy) is 1. The Morgan fingerprint density at radius 3 is 2.53 bits per heavy atom. The van der Waals surface area contributed by atoms with Crippen molar-refractivity contribution in [3.05, 3.63) is 77.9 Å². The number of benzene rings is 3. The number of carbonyl (C=O) groups excluding carboxylic acids is 1. The number of nitrogens with zero attached hydrogens (tertiary/aromatic N) is 1. The van der Waals surface area contributed by atoms with Crippen LogP contribution in [0.15, 0.2) is 71.7 Å². The van der Waals surface area contributed by atoms with Crippen molar-refractivity contribution in [2.24, 2.45) is 4.99 Å². The lowest BCUT2D eigenvalue weighted by Crippen LogP contribution is -2.38. The quantitative estimate of drug-likeness (QED) is 0.223. The summed E-state index contributed by atoms with van der Waals surface area (Å²) < 4.78 is 5.57. The van der Waals surface area contributed by atoms with Gasteiger partial charge in [-0.05, 0) is 53.9 Å². The number of rotatable bonds is 8. The highest BCUT2D eigenvalue weighted by Gasteiger charge is 2.09. The Hall–Kier alpha value is -2.81. The third kappa shape index (κ3) is 7.40. The third-order valence-corrected chi connectivity index (χ3v) is 4.95. The number of hydrogen-bond acceptors (Lipinski definition) is 3. The summed E-state index contributed by atoms with van der Waals surface area (Å²) in [5.74, 6) is 1.26. The SMILES string of the molecule is CCNC(=O)COc1cccc(CNC(=NC)NC(C)c2ccc3ccccc3c2)c1.I. The second kappa shape index (κ2) is 12.9. The van der Waals surface area contributed by atoms with Gasteiger partial charge in [0.05, 0.1) is 6.04 Å². The summed E-state index contributed by atoms with van der Waals surface area (Å²) >= 11 is 0. The zero-order valence-electron chi connectivity index (χ0n) is 18.7. The van der Waals surface area contributed by atoms with Gasteiger partial charge < -0.3 is 20.7 Å². The van der Waals surface area contributed by atoms with E-state index in [1.54, 1.807) is 7.05 Å². The Morgan fingerprint density at radius 1 is 1.00 bits per heavy atom. The van der Waals surface area contributed by atoms with Crippen LogP contribution in [0.5, 0.6) is 5.75 Å². The minimum Gasteiger partial charge on any atom is -0.484 e. The maximum absolute atomic E-state index is 11.6.